The molecular weight excluding hydrogens is 367 g/mol. The molecule has 0 heterocycles. The molecule has 0 saturated carbocycles. The fraction of sp³-hybridized carbons (Fsp3) is 0.929. The van der Waals surface area contributed by atoms with E-state index in [1.165, 1.54) is 12.8 Å². The van der Waals surface area contributed by atoms with Crippen LogP contribution in [0, 0.1) is 0 Å². The SMILES string of the molecule is CCCCN(C)CCNC(=NC)NCC(C)(C)OC.I. The molecule has 0 aromatic carbocycles. The Labute approximate surface area is 141 Å². The summed E-state index contributed by atoms with van der Waals surface area (Å²) in [5.74, 6) is 0.828. The molecule has 20 heavy (non-hydrogen) atoms. The molecule has 6 heteroatoms. The second-order valence-corrected chi connectivity index (χ2v) is 5.47. The molecule has 0 bridgehead atoms. The van der Waals surface area contributed by atoms with Gasteiger partial charge in [0.05, 0.1) is 5.60 Å². The standard InChI is InChI=1S/C14H32N4O.HI/c1-7-8-10-18(5)11-9-16-13(15-4)17-12-14(2,3)19-6;/h7-12H2,1-6H3,(H2,15,16,17);1H. The molecule has 0 aromatic rings. The first-order valence-corrected chi connectivity index (χ1v) is 7.13. The highest BCUT2D eigenvalue weighted by Crippen LogP contribution is 2.04. The zero-order chi connectivity index (χ0) is 14.7. The molecule has 0 fully saturated rings. The number of ether oxygens (including phenoxy) is 1. The van der Waals surface area contributed by atoms with Crippen molar-refractivity contribution in [2.75, 3.05) is 47.4 Å². The molecule has 0 amide bonds. The van der Waals surface area contributed by atoms with E-state index >= 15 is 0 Å². The largest absolute Gasteiger partial charge is 0.377 e. The monoisotopic (exact) mass is 400 g/mol. The van der Waals surface area contributed by atoms with Crippen LogP contribution in [-0.4, -0.2) is 63.8 Å². The summed E-state index contributed by atoms with van der Waals surface area (Å²) in [5.41, 5.74) is -0.185. The Morgan fingerprint density at radius 2 is 1.90 bits per heavy atom. The zero-order valence-electron chi connectivity index (χ0n) is 14.0. The summed E-state index contributed by atoms with van der Waals surface area (Å²) in [7, 11) is 5.66. The third kappa shape index (κ3) is 11.7. The maximum atomic E-state index is 5.37. The Morgan fingerprint density at radius 1 is 1.25 bits per heavy atom. The first-order chi connectivity index (χ1) is 8.95. The van der Waals surface area contributed by atoms with E-state index in [1.54, 1.807) is 14.2 Å². The Balaban J connectivity index is 0. The minimum atomic E-state index is -0.185. The number of rotatable bonds is 9. The van der Waals surface area contributed by atoms with Crippen LogP contribution in [-0.2, 0) is 4.74 Å². The zero-order valence-corrected chi connectivity index (χ0v) is 16.3. The fourth-order valence-electron chi connectivity index (χ4n) is 1.49. The van der Waals surface area contributed by atoms with Crippen LogP contribution in [0.5, 0.6) is 0 Å². The van der Waals surface area contributed by atoms with Gasteiger partial charge >= 0.3 is 0 Å². The van der Waals surface area contributed by atoms with Crippen LogP contribution >= 0.6 is 24.0 Å². The van der Waals surface area contributed by atoms with E-state index in [2.05, 4.69) is 34.5 Å². The molecule has 0 unspecified atom stereocenters. The van der Waals surface area contributed by atoms with Crippen LogP contribution in [0.15, 0.2) is 4.99 Å². The molecule has 0 radical (unpaired) electrons. The van der Waals surface area contributed by atoms with Crippen molar-refractivity contribution in [2.45, 2.75) is 39.2 Å². The van der Waals surface area contributed by atoms with Gasteiger partial charge in [-0.05, 0) is 33.9 Å². The van der Waals surface area contributed by atoms with Gasteiger partial charge in [-0.25, -0.2) is 0 Å². The lowest BCUT2D eigenvalue weighted by Gasteiger charge is -2.25. The van der Waals surface area contributed by atoms with Crippen molar-refractivity contribution in [1.82, 2.24) is 15.5 Å². The van der Waals surface area contributed by atoms with Crippen molar-refractivity contribution < 1.29 is 4.74 Å². The summed E-state index contributed by atoms with van der Waals surface area (Å²) in [6.07, 6.45) is 2.50. The molecule has 0 aliphatic rings. The van der Waals surface area contributed by atoms with Gasteiger partial charge in [0, 0.05) is 33.8 Å². The lowest BCUT2D eigenvalue weighted by molar-refractivity contribution is 0.0268. The third-order valence-corrected chi connectivity index (χ3v) is 3.14. The minimum absolute atomic E-state index is 0. The van der Waals surface area contributed by atoms with Gasteiger partial charge < -0.3 is 20.3 Å². The summed E-state index contributed by atoms with van der Waals surface area (Å²) in [6.45, 7) is 10.1. The summed E-state index contributed by atoms with van der Waals surface area (Å²) >= 11 is 0. The summed E-state index contributed by atoms with van der Waals surface area (Å²) < 4.78 is 5.37. The van der Waals surface area contributed by atoms with E-state index in [4.69, 9.17) is 4.74 Å². The number of likely N-dealkylation sites (N-methyl/N-ethyl adjacent to an activating group) is 1. The lowest BCUT2D eigenvalue weighted by atomic mass is 10.1. The number of unbranched alkanes of at least 4 members (excludes halogenated alkanes) is 1. The maximum absolute atomic E-state index is 5.37. The number of guanidine groups is 1. The van der Waals surface area contributed by atoms with Crippen molar-refractivity contribution >= 4 is 29.9 Å². The number of aliphatic imine (C=N–C) groups is 1. The van der Waals surface area contributed by atoms with Gasteiger partial charge in [-0.1, -0.05) is 13.3 Å². The van der Waals surface area contributed by atoms with Crippen LogP contribution in [0.25, 0.3) is 0 Å². The minimum Gasteiger partial charge on any atom is -0.377 e. The second kappa shape index (κ2) is 12.6. The molecule has 2 N–H and O–H groups in total. The van der Waals surface area contributed by atoms with Gasteiger partial charge in [0.2, 0.25) is 0 Å². The number of hydrogen-bond acceptors (Lipinski definition) is 3. The Bertz CT molecular complexity index is 260. The normalized spacial score (nSPS) is 12.2. The molecule has 0 aliphatic carbocycles. The highest BCUT2D eigenvalue weighted by molar-refractivity contribution is 14.0. The van der Waals surface area contributed by atoms with Crippen molar-refractivity contribution in [3.8, 4) is 0 Å². The predicted octanol–water partition coefficient (Wildman–Crippen LogP) is 1.93. The Morgan fingerprint density at radius 3 is 2.40 bits per heavy atom. The maximum Gasteiger partial charge on any atom is 0.191 e. The first kappa shape index (κ1) is 22.2. The molecule has 0 rings (SSSR count). The second-order valence-electron chi connectivity index (χ2n) is 5.47. The van der Waals surface area contributed by atoms with Crippen molar-refractivity contribution in [3.05, 3.63) is 0 Å². The van der Waals surface area contributed by atoms with E-state index in [1.807, 2.05) is 13.8 Å². The molecule has 0 spiro atoms. The molecule has 5 nitrogen and oxygen atoms in total. The quantitative estimate of drug-likeness (QED) is 0.353. The summed E-state index contributed by atoms with van der Waals surface area (Å²) in [5, 5.41) is 6.59. The van der Waals surface area contributed by atoms with Crippen LogP contribution in [0.4, 0.5) is 0 Å². The van der Waals surface area contributed by atoms with Crippen LogP contribution in [0.3, 0.4) is 0 Å². The molecule has 0 aromatic heterocycles. The number of hydrogen-bond donors (Lipinski definition) is 2. The number of halogens is 1. The fourth-order valence-corrected chi connectivity index (χ4v) is 1.49. The summed E-state index contributed by atoms with van der Waals surface area (Å²) in [6, 6.07) is 0. The molecule has 0 aliphatic heterocycles. The first-order valence-electron chi connectivity index (χ1n) is 7.13. The number of nitrogens with one attached hydrogen (secondary N) is 2. The smallest absolute Gasteiger partial charge is 0.191 e. The van der Waals surface area contributed by atoms with Crippen molar-refractivity contribution in [2.24, 2.45) is 4.99 Å². The predicted molar refractivity (Wildman–Crippen MR) is 98.3 cm³/mol. The van der Waals surface area contributed by atoms with E-state index in [0.29, 0.717) is 0 Å². The van der Waals surface area contributed by atoms with Gasteiger partial charge in [-0.15, -0.1) is 24.0 Å². The van der Waals surface area contributed by atoms with E-state index < -0.39 is 0 Å². The van der Waals surface area contributed by atoms with Gasteiger partial charge in [0.25, 0.3) is 0 Å². The lowest BCUT2D eigenvalue weighted by Crippen LogP contribution is -2.46. The third-order valence-electron chi connectivity index (χ3n) is 3.14. The molecule has 0 saturated heterocycles. The average Bonchev–Trinajstić information content (AvgIpc) is 2.40. The van der Waals surface area contributed by atoms with Crippen LogP contribution < -0.4 is 10.6 Å². The van der Waals surface area contributed by atoms with E-state index in [0.717, 1.165) is 32.1 Å². The molecular formula is C14H33IN4O. The Hall–Kier alpha value is -0.0800. The molecule has 0 atom stereocenters. The van der Waals surface area contributed by atoms with Gasteiger partial charge in [0.1, 0.15) is 0 Å². The van der Waals surface area contributed by atoms with E-state index in [9.17, 15) is 0 Å². The van der Waals surface area contributed by atoms with E-state index in [-0.39, 0.29) is 29.6 Å². The topological polar surface area (TPSA) is 48.9 Å². The highest BCUT2D eigenvalue weighted by Gasteiger charge is 2.16. The number of nitrogens with zero attached hydrogens (tertiary/aromatic N) is 2. The van der Waals surface area contributed by atoms with Crippen molar-refractivity contribution in [3.63, 3.8) is 0 Å². The highest BCUT2D eigenvalue weighted by atomic mass is 127. The van der Waals surface area contributed by atoms with Crippen molar-refractivity contribution in [1.29, 1.82) is 0 Å². The van der Waals surface area contributed by atoms with Crippen LogP contribution in [0.1, 0.15) is 33.6 Å². The van der Waals surface area contributed by atoms with Crippen LogP contribution in [0.2, 0.25) is 0 Å². The number of methoxy groups -OCH3 is 1. The molecule has 122 valence electrons. The van der Waals surface area contributed by atoms with Gasteiger partial charge in [0.15, 0.2) is 5.96 Å². The summed E-state index contributed by atoms with van der Waals surface area (Å²) in [4.78, 5) is 6.54. The van der Waals surface area contributed by atoms with Gasteiger partial charge in [-0.3, -0.25) is 4.99 Å². The average molecular weight is 400 g/mol. The van der Waals surface area contributed by atoms with Gasteiger partial charge in [-0.2, -0.15) is 0 Å². The Kier molecular flexibility index (Phi) is 14.0.